The molecule has 0 aromatic heterocycles. The highest BCUT2D eigenvalue weighted by Gasteiger charge is 2.38. The molecule has 0 heterocycles. The third-order valence-electron chi connectivity index (χ3n) is 3.06. The molecule has 0 aromatic carbocycles. The molecular formula is C13H25N3. The minimum Gasteiger partial charge on any atom is -0.330 e. The molecule has 4 N–H and O–H groups in total. The van der Waals surface area contributed by atoms with Crippen molar-refractivity contribution in [2.45, 2.75) is 46.1 Å². The number of allylic oxidation sites excluding steroid dienone is 1. The van der Waals surface area contributed by atoms with Gasteiger partial charge in [-0.15, -0.1) is 0 Å². The molecule has 92 valence electrons. The Bertz CT molecular complexity index is 265. The number of nitrogens with two attached hydrogens (primary N) is 2. The molecule has 0 aliphatic heterocycles. The van der Waals surface area contributed by atoms with E-state index in [2.05, 4.69) is 27.4 Å². The summed E-state index contributed by atoms with van der Waals surface area (Å²) in [5.74, 6) is 0. The van der Waals surface area contributed by atoms with Gasteiger partial charge < -0.3 is 11.5 Å². The summed E-state index contributed by atoms with van der Waals surface area (Å²) in [5.41, 5.74) is 12.4. The van der Waals surface area contributed by atoms with Crippen LogP contribution in [0.25, 0.3) is 0 Å². The quantitative estimate of drug-likeness (QED) is 0.669. The monoisotopic (exact) mass is 223 g/mol. The number of nitrogens with zero attached hydrogens (tertiary/aromatic N) is 1. The molecule has 0 aromatic rings. The second-order valence-corrected chi connectivity index (χ2v) is 5.86. The Morgan fingerprint density at radius 3 is 2.25 bits per heavy atom. The number of hydrogen-bond acceptors (Lipinski definition) is 3. The second kappa shape index (κ2) is 6.03. The Kier molecular flexibility index (Phi) is 5.71. The molecule has 0 spiro atoms. The minimum atomic E-state index is 0.279. The summed E-state index contributed by atoms with van der Waals surface area (Å²) in [6.07, 6.45) is 4.62. The lowest BCUT2D eigenvalue weighted by Gasteiger charge is -2.45. The smallest absolute Gasteiger partial charge is 0.0905 e. The SMILES string of the molecule is C=CC#N.CC1(C)CC(N)CC(C)(CN)C1. The molecule has 16 heavy (non-hydrogen) atoms. The molecule has 0 bridgehead atoms. The molecule has 2 unspecified atom stereocenters. The Labute approximate surface area is 99.5 Å². The van der Waals surface area contributed by atoms with Crippen LogP contribution in [0.1, 0.15) is 40.0 Å². The molecule has 0 saturated heterocycles. The first-order chi connectivity index (χ1) is 7.28. The molecule has 0 radical (unpaired) electrons. The van der Waals surface area contributed by atoms with Gasteiger partial charge in [0.25, 0.3) is 0 Å². The number of rotatable bonds is 1. The van der Waals surface area contributed by atoms with E-state index in [9.17, 15) is 0 Å². The van der Waals surface area contributed by atoms with E-state index in [0.29, 0.717) is 11.5 Å². The molecule has 1 aliphatic carbocycles. The van der Waals surface area contributed by atoms with Crippen LogP contribution in [0.15, 0.2) is 12.7 Å². The Hall–Kier alpha value is -0.850. The number of nitriles is 1. The fourth-order valence-corrected chi connectivity index (χ4v) is 2.87. The highest BCUT2D eigenvalue weighted by Crippen LogP contribution is 2.44. The third kappa shape index (κ3) is 5.29. The van der Waals surface area contributed by atoms with Gasteiger partial charge in [-0.05, 0) is 36.6 Å². The molecule has 1 saturated carbocycles. The van der Waals surface area contributed by atoms with E-state index >= 15 is 0 Å². The van der Waals surface area contributed by atoms with E-state index < -0.39 is 0 Å². The van der Waals surface area contributed by atoms with Crippen molar-refractivity contribution in [2.24, 2.45) is 22.3 Å². The summed E-state index contributed by atoms with van der Waals surface area (Å²) in [6.45, 7) is 10.7. The average Bonchev–Trinajstić information content (AvgIpc) is 2.14. The summed E-state index contributed by atoms with van der Waals surface area (Å²) in [6, 6.07) is 2.04. The minimum absolute atomic E-state index is 0.279. The van der Waals surface area contributed by atoms with E-state index in [1.54, 1.807) is 6.07 Å². The molecular weight excluding hydrogens is 198 g/mol. The predicted molar refractivity (Wildman–Crippen MR) is 68.6 cm³/mol. The maximum Gasteiger partial charge on any atom is 0.0905 e. The van der Waals surface area contributed by atoms with Gasteiger partial charge in [-0.1, -0.05) is 27.4 Å². The van der Waals surface area contributed by atoms with Crippen LogP contribution in [0.4, 0.5) is 0 Å². The van der Waals surface area contributed by atoms with Crippen LogP contribution in [-0.4, -0.2) is 12.6 Å². The van der Waals surface area contributed by atoms with Gasteiger partial charge in [-0.25, -0.2) is 0 Å². The zero-order valence-electron chi connectivity index (χ0n) is 10.8. The molecule has 1 fully saturated rings. The maximum absolute atomic E-state index is 7.51. The van der Waals surface area contributed by atoms with Crippen LogP contribution in [0.3, 0.4) is 0 Å². The molecule has 1 rings (SSSR count). The first-order valence-corrected chi connectivity index (χ1v) is 5.75. The van der Waals surface area contributed by atoms with Crippen molar-refractivity contribution in [3.05, 3.63) is 12.7 Å². The van der Waals surface area contributed by atoms with E-state index in [1.165, 1.54) is 12.5 Å². The lowest BCUT2D eigenvalue weighted by molar-refractivity contribution is 0.0904. The summed E-state index contributed by atoms with van der Waals surface area (Å²) < 4.78 is 0. The summed E-state index contributed by atoms with van der Waals surface area (Å²) >= 11 is 0. The van der Waals surface area contributed by atoms with Crippen molar-refractivity contribution < 1.29 is 0 Å². The van der Waals surface area contributed by atoms with E-state index in [0.717, 1.165) is 19.4 Å². The topological polar surface area (TPSA) is 75.8 Å². The van der Waals surface area contributed by atoms with Gasteiger partial charge >= 0.3 is 0 Å². The lowest BCUT2D eigenvalue weighted by Crippen LogP contribution is -2.45. The molecule has 0 amide bonds. The highest BCUT2D eigenvalue weighted by molar-refractivity contribution is 4.94. The molecule has 1 aliphatic rings. The third-order valence-corrected chi connectivity index (χ3v) is 3.06. The first kappa shape index (κ1) is 15.2. The van der Waals surface area contributed by atoms with Gasteiger partial charge in [0.1, 0.15) is 0 Å². The van der Waals surface area contributed by atoms with Crippen molar-refractivity contribution >= 4 is 0 Å². The predicted octanol–water partition coefficient (Wildman–Crippen LogP) is 2.18. The van der Waals surface area contributed by atoms with Crippen molar-refractivity contribution in [3.63, 3.8) is 0 Å². The van der Waals surface area contributed by atoms with Crippen LogP contribution in [0.5, 0.6) is 0 Å². The van der Waals surface area contributed by atoms with Crippen LogP contribution >= 0.6 is 0 Å². The number of hydrogen-bond donors (Lipinski definition) is 2. The van der Waals surface area contributed by atoms with Crippen molar-refractivity contribution in [3.8, 4) is 6.07 Å². The standard InChI is InChI=1S/C10H22N2.C3H3N/c1-9(2)4-8(12)5-10(3,6-9)7-11;1-2-3-4/h8H,4-7,11-12H2,1-3H3;2H,1H2. The average molecular weight is 223 g/mol. The summed E-state index contributed by atoms with van der Waals surface area (Å²) in [7, 11) is 0. The van der Waals surface area contributed by atoms with Gasteiger partial charge in [-0.2, -0.15) is 5.26 Å². The van der Waals surface area contributed by atoms with Gasteiger partial charge in [0.2, 0.25) is 0 Å². The highest BCUT2D eigenvalue weighted by atomic mass is 14.7. The van der Waals surface area contributed by atoms with Gasteiger partial charge in [0.15, 0.2) is 0 Å². The molecule has 3 nitrogen and oxygen atoms in total. The van der Waals surface area contributed by atoms with Crippen LogP contribution < -0.4 is 11.5 Å². The lowest BCUT2D eigenvalue weighted by atomic mass is 9.63. The Balaban J connectivity index is 0.000000487. The van der Waals surface area contributed by atoms with Crippen LogP contribution in [-0.2, 0) is 0 Å². The Morgan fingerprint density at radius 1 is 1.44 bits per heavy atom. The van der Waals surface area contributed by atoms with Crippen LogP contribution in [0, 0.1) is 22.2 Å². The van der Waals surface area contributed by atoms with Gasteiger partial charge in [-0.3, -0.25) is 0 Å². The van der Waals surface area contributed by atoms with E-state index in [1.807, 2.05) is 0 Å². The molecule has 3 heteroatoms. The normalized spacial score (nSPS) is 31.9. The summed E-state index contributed by atoms with van der Waals surface area (Å²) in [4.78, 5) is 0. The second-order valence-electron chi connectivity index (χ2n) is 5.86. The zero-order chi connectivity index (χ0) is 12.8. The van der Waals surface area contributed by atoms with Gasteiger partial charge in [0.05, 0.1) is 6.07 Å². The largest absolute Gasteiger partial charge is 0.330 e. The fraction of sp³-hybridized carbons (Fsp3) is 0.769. The van der Waals surface area contributed by atoms with E-state index in [-0.39, 0.29) is 5.41 Å². The van der Waals surface area contributed by atoms with Crippen molar-refractivity contribution in [1.29, 1.82) is 5.26 Å². The van der Waals surface area contributed by atoms with Gasteiger partial charge in [0, 0.05) is 12.1 Å². The maximum atomic E-state index is 7.51. The first-order valence-electron chi connectivity index (χ1n) is 5.75. The van der Waals surface area contributed by atoms with E-state index in [4.69, 9.17) is 16.7 Å². The van der Waals surface area contributed by atoms with Crippen LogP contribution in [0.2, 0.25) is 0 Å². The van der Waals surface area contributed by atoms with Crippen molar-refractivity contribution in [1.82, 2.24) is 0 Å². The molecule has 2 atom stereocenters. The van der Waals surface area contributed by atoms with Crippen molar-refractivity contribution in [2.75, 3.05) is 6.54 Å². The zero-order valence-corrected chi connectivity index (χ0v) is 10.8. The fourth-order valence-electron chi connectivity index (χ4n) is 2.87. The Morgan fingerprint density at radius 2 is 1.94 bits per heavy atom. The summed E-state index contributed by atoms with van der Waals surface area (Å²) in [5, 5.41) is 7.51.